The van der Waals surface area contributed by atoms with Gasteiger partial charge in [0, 0.05) is 35.2 Å². The molecule has 1 aromatic heterocycles. The topological polar surface area (TPSA) is 40.2 Å². The molecule has 0 aliphatic heterocycles. The summed E-state index contributed by atoms with van der Waals surface area (Å²) >= 11 is 0. The van der Waals surface area contributed by atoms with Crippen LogP contribution in [0.25, 0.3) is 22.0 Å². The van der Waals surface area contributed by atoms with E-state index in [1.54, 1.807) is 7.11 Å². The van der Waals surface area contributed by atoms with Gasteiger partial charge in [0.15, 0.2) is 0 Å². The Morgan fingerprint density at radius 3 is 2.49 bits per heavy atom. The highest BCUT2D eigenvalue weighted by atomic mass is 16.5. The Hall–Kier alpha value is -2.26. The van der Waals surface area contributed by atoms with Crippen molar-refractivity contribution in [2.24, 2.45) is 17.6 Å². The second-order valence-electron chi connectivity index (χ2n) is 11.3. The molecule has 0 atom stereocenters. The number of rotatable bonds is 9. The van der Waals surface area contributed by atoms with Crippen LogP contribution >= 0.6 is 0 Å². The number of unbranched alkanes of at least 4 members (excludes halogenated alkanes) is 1. The second kappa shape index (κ2) is 11.6. The summed E-state index contributed by atoms with van der Waals surface area (Å²) in [5.41, 5.74) is 11.5. The fourth-order valence-corrected chi connectivity index (χ4v) is 6.65. The fourth-order valence-electron chi connectivity index (χ4n) is 6.65. The number of benzene rings is 2. The van der Waals surface area contributed by atoms with Crippen LogP contribution in [-0.4, -0.2) is 17.7 Å². The van der Waals surface area contributed by atoms with Gasteiger partial charge in [-0.15, -0.1) is 0 Å². The van der Waals surface area contributed by atoms with E-state index in [0.29, 0.717) is 6.04 Å². The predicted molar refractivity (Wildman–Crippen MR) is 148 cm³/mol. The minimum absolute atomic E-state index is 0.457. The van der Waals surface area contributed by atoms with Crippen LogP contribution in [-0.2, 0) is 13.0 Å². The fraction of sp³-hybridized carbons (Fsp3) is 0.562. The first kappa shape index (κ1) is 24.4. The van der Waals surface area contributed by atoms with E-state index < -0.39 is 0 Å². The summed E-state index contributed by atoms with van der Waals surface area (Å²) in [6, 6.07) is 15.9. The zero-order valence-corrected chi connectivity index (χ0v) is 21.7. The van der Waals surface area contributed by atoms with Gasteiger partial charge >= 0.3 is 0 Å². The quantitative estimate of drug-likeness (QED) is 0.319. The van der Waals surface area contributed by atoms with Crippen molar-refractivity contribution in [2.45, 2.75) is 96.1 Å². The molecule has 5 rings (SSSR count). The molecular formula is C32H44N2O. The standard InChI is InChI=1S/C32H44N2O/c1-35-32-14-8-7-13-29(32)26-17-20-31-30(21-26)27(23-34(31)22-25-10-3-2-4-11-25)12-6-5-9-24-15-18-28(33)19-16-24/h7-8,13-14,17,20-21,23-25,28H,2-6,9-12,15-16,18-19,22,33H2,1H3. The minimum atomic E-state index is 0.457. The molecule has 0 spiro atoms. The Morgan fingerprint density at radius 1 is 0.886 bits per heavy atom. The molecule has 2 aliphatic rings. The molecule has 35 heavy (non-hydrogen) atoms. The number of methoxy groups -OCH3 is 1. The van der Waals surface area contributed by atoms with Crippen molar-refractivity contribution >= 4 is 10.9 Å². The first-order valence-electron chi connectivity index (χ1n) is 14.2. The van der Waals surface area contributed by atoms with Gasteiger partial charge < -0.3 is 15.0 Å². The first-order valence-corrected chi connectivity index (χ1v) is 14.2. The number of hydrogen-bond acceptors (Lipinski definition) is 2. The van der Waals surface area contributed by atoms with Crippen LogP contribution in [0.4, 0.5) is 0 Å². The number of ether oxygens (including phenoxy) is 1. The summed E-state index contributed by atoms with van der Waals surface area (Å²) in [7, 11) is 1.77. The van der Waals surface area contributed by atoms with Crippen LogP contribution < -0.4 is 10.5 Å². The molecule has 0 saturated heterocycles. The third-order valence-corrected chi connectivity index (χ3v) is 8.76. The highest BCUT2D eigenvalue weighted by molar-refractivity contribution is 5.89. The Balaban J connectivity index is 1.35. The van der Waals surface area contributed by atoms with Crippen molar-refractivity contribution in [1.82, 2.24) is 4.57 Å². The van der Waals surface area contributed by atoms with Gasteiger partial charge in [-0.2, -0.15) is 0 Å². The highest BCUT2D eigenvalue weighted by Gasteiger charge is 2.19. The van der Waals surface area contributed by atoms with E-state index in [9.17, 15) is 0 Å². The smallest absolute Gasteiger partial charge is 0.126 e. The van der Waals surface area contributed by atoms with Crippen molar-refractivity contribution in [3.63, 3.8) is 0 Å². The van der Waals surface area contributed by atoms with E-state index >= 15 is 0 Å². The third-order valence-electron chi connectivity index (χ3n) is 8.76. The Labute approximate surface area is 212 Å². The summed E-state index contributed by atoms with van der Waals surface area (Å²) < 4.78 is 8.26. The van der Waals surface area contributed by atoms with Crippen LogP contribution in [0, 0.1) is 11.8 Å². The van der Waals surface area contributed by atoms with Gasteiger partial charge in [-0.25, -0.2) is 0 Å². The SMILES string of the molecule is COc1ccccc1-c1ccc2c(c1)c(CCCCC1CCC(N)CC1)cn2CC1CCCCC1. The molecule has 3 nitrogen and oxygen atoms in total. The zero-order chi connectivity index (χ0) is 24.0. The van der Waals surface area contributed by atoms with E-state index in [4.69, 9.17) is 10.5 Å². The molecule has 0 bridgehead atoms. The molecule has 2 N–H and O–H groups in total. The molecule has 0 radical (unpaired) electrons. The summed E-state index contributed by atoms with van der Waals surface area (Å²) in [6.45, 7) is 1.17. The van der Waals surface area contributed by atoms with Gasteiger partial charge in [0.1, 0.15) is 5.75 Å². The molecule has 2 aliphatic carbocycles. The predicted octanol–water partition coefficient (Wildman–Crippen LogP) is 8.13. The van der Waals surface area contributed by atoms with Crippen molar-refractivity contribution in [1.29, 1.82) is 0 Å². The highest BCUT2D eigenvalue weighted by Crippen LogP contribution is 2.35. The van der Waals surface area contributed by atoms with Gasteiger partial charge in [0.25, 0.3) is 0 Å². The van der Waals surface area contributed by atoms with E-state index in [1.807, 2.05) is 6.07 Å². The van der Waals surface area contributed by atoms with Crippen LogP contribution in [0.15, 0.2) is 48.7 Å². The third kappa shape index (κ3) is 5.94. The van der Waals surface area contributed by atoms with Gasteiger partial charge in [-0.05, 0) is 92.5 Å². The molecule has 0 unspecified atom stereocenters. The average molecular weight is 473 g/mol. The number of hydrogen-bond donors (Lipinski definition) is 1. The Morgan fingerprint density at radius 2 is 1.69 bits per heavy atom. The maximum absolute atomic E-state index is 6.11. The number of fused-ring (bicyclic) bond motifs is 1. The van der Waals surface area contributed by atoms with Crippen molar-refractivity contribution in [3.8, 4) is 16.9 Å². The zero-order valence-electron chi connectivity index (χ0n) is 21.7. The molecule has 2 fully saturated rings. The second-order valence-corrected chi connectivity index (χ2v) is 11.3. The monoisotopic (exact) mass is 472 g/mol. The maximum atomic E-state index is 6.11. The van der Waals surface area contributed by atoms with Crippen LogP contribution in [0.1, 0.15) is 82.6 Å². The average Bonchev–Trinajstić information content (AvgIpc) is 3.24. The molecular weight excluding hydrogens is 428 g/mol. The number of aromatic nitrogens is 1. The van der Waals surface area contributed by atoms with Crippen molar-refractivity contribution in [2.75, 3.05) is 7.11 Å². The number of para-hydroxylation sites is 1. The molecule has 0 amide bonds. The molecule has 2 aromatic carbocycles. The Bertz CT molecular complexity index is 1090. The van der Waals surface area contributed by atoms with E-state index in [-0.39, 0.29) is 0 Å². The molecule has 3 aromatic rings. The lowest BCUT2D eigenvalue weighted by atomic mass is 9.83. The van der Waals surface area contributed by atoms with Gasteiger partial charge in [-0.1, -0.05) is 56.4 Å². The first-order chi connectivity index (χ1) is 17.2. The lowest BCUT2D eigenvalue weighted by Crippen LogP contribution is -2.26. The molecule has 1 heterocycles. The largest absolute Gasteiger partial charge is 0.496 e. The Kier molecular flexibility index (Phi) is 8.13. The summed E-state index contributed by atoms with van der Waals surface area (Å²) in [5.74, 6) is 2.68. The summed E-state index contributed by atoms with van der Waals surface area (Å²) in [5, 5.41) is 1.44. The van der Waals surface area contributed by atoms with Gasteiger partial charge in [0.05, 0.1) is 7.11 Å². The molecule has 188 valence electrons. The van der Waals surface area contributed by atoms with E-state index in [1.165, 1.54) is 118 Å². The lowest BCUT2D eigenvalue weighted by Gasteiger charge is -2.25. The number of nitrogens with zero attached hydrogens (tertiary/aromatic N) is 1. The number of aryl methyl sites for hydroxylation is 1. The van der Waals surface area contributed by atoms with E-state index in [0.717, 1.165) is 17.6 Å². The summed E-state index contributed by atoms with van der Waals surface area (Å²) in [4.78, 5) is 0. The van der Waals surface area contributed by atoms with Crippen LogP contribution in [0.5, 0.6) is 5.75 Å². The summed E-state index contributed by atoms with van der Waals surface area (Å²) in [6.07, 6.45) is 19.8. The van der Waals surface area contributed by atoms with Gasteiger partial charge in [-0.3, -0.25) is 0 Å². The normalized spacial score (nSPS) is 21.4. The van der Waals surface area contributed by atoms with Crippen molar-refractivity contribution < 1.29 is 4.74 Å². The van der Waals surface area contributed by atoms with E-state index in [2.05, 4.69) is 47.2 Å². The van der Waals surface area contributed by atoms with Crippen LogP contribution in [0.2, 0.25) is 0 Å². The number of nitrogens with two attached hydrogens (primary N) is 1. The molecule has 2 saturated carbocycles. The maximum Gasteiger partial charge on any atom is 0.126 e. The lowest BCUT2D eigenvalue weighted by molar-refractivity contribution is 0.303. The molecule has 3 heteroatoms. The van der Waals surface area contributed by atoms with Crippen LogP contribution in [0.3, 0.4) is 0 Å². The van der Waals surface area contributed by atoms with Gasteiger partial charge in [0.2, 0.25) is 0 Å². The minimum Gasteiger partial charge on any atom is -0.496 e. The van der Waals surface area contributed by atoms with Crippen molar-refractivity contribution in [3.05, 3.63) is 54.2 Å².